The van der Waals surface area contributed by atoms with Crippen molar-refractivity contribution >= 4 is 10.9 Å². The summed E-state index contributed by atoms with van der Waals surface area (Å²) in [5.41, 5.74) is 0.735. The molecule has 0 unspecified atom stereocenters. The zero-order valence-electron chi connectivity index (χ0n) is 9.98. The fourth-order valence-electron chi connectivity index (χ4n) is 1.72. The maximum absolute atomic E-state index is 13.4. The van der Waals surface area contributed by atoms with Crippen molar-refractivity contribution in [1.82, 2.24) is 9.97 Å². The monoisotopic (exact) mass is 276 g/mol. The lowest BCUT2D eigenvalue weighted by Gasteiger charge is -2.06. The van der Waals surface area contributed by atoms with Crippen LogP contribution in [0.25, 0.3) is 10.9 Å². The van der Waals surface area contributed by atoms with Gasteiger partial charge in [-0.2, -0.15) is 9.37 Å². The first-order chi connectivity index (χ1) is 9.63. The van der Waals surface area contributed by atoms with Gasteiger partial charge in [0.25, 0.3) is 11.8 Å². The van der Waals surface area contributed by atoms with E-state index in [1.807, 2.05) is 12.1 Å². The topological polar surface area (TPSA) is 35.0 Å². The second-order valence-electron chi connectivity index (χ2n) is 4.01. The molecule has 2 aromatic heterocycles. The van der Waals surface area contributed by atoms with Crippen molar-refractivity contribution in [3.63, 3.8) is 0 Å². The molecule has 0 aliphatic rings. The molecule has 0 saturated heterocycles. The number of fused-ring (bicyclic) bond motifs is 1. The van der Waals surface area contributed by atoms with Gasteiger partial charge in [0.2, 0.25) is 0 Å². The summed E-state index contributed by atoms with van der Waals surface area (Å²) in [6.45, 7) is 0. The number of nitrogens with zero attached hydrogens (tertiary/aromatic N) is 2. The van der Waals surface area contributed by atoms with Crippen molar-refractivity contribution in [2.45, 2.75) is 0 Å². The van der Waals surface area contributed by atoms with Gasteiger partial charge in [0.15, 0.2) is 11.6 Å². The second-order valence-corrected chi connectivity index (χ2v) is 4.01. The van der Waals surface area contributed by atoms with E-state index in [1.54, 1.807) is 18.2 Å². The van der Waals surface area contributed by atoms with E-state index in [0.717, 1.165) is 10.9 Å². The SMILES string of the molecule is Fc1cc(F)c(Oc2cnc3ccccc3c2)nc1F. The molecule has 0 saturated carbocycles. The van der Waals surface area contributed by atoms with Gasteiger partial charge in [0.1, 0.15) is 5.75 Å². The summed E-state index contributed by atoms with van der Waals surface area (Å²) in [7, 11) is 0. The smallest absolute Gasteiger partial charge is 0.258 e. The van der Waals surface area contributed by atoms with Gasteiger partial charge in [-0.25, -0.2) is 8.78 Å². The highest BCUT2D eigenvalue weighted by molar-refractivity contribution is 5.79. The molecule has 100 valence electrons. The maximum Gasteiger partial charge on any atom is 0.258 e. The molecule has 0 amide bonds. The Morgan fingerprint density at radius 3 is 2.60 bits per heavy atom. The molecular formula is C14H7F3N2O. The van der Waals surface area contributed by atoms with Crippen molar-refractivity contribution < 1.29 is 17.9 Å². The second kappa shape index (κ2) is 4.80. The highest BCUT2D eigenvalue weighted by Crippen LogP contribution is 2.25. The average molecular weight is 276 g/mol. The Bertz CT molecular complexity index is 792. The van der Waals surface area contributed by atoms with E-state index in [2.05, 4.69) is 9.97 Å². The number of para-hydroxylation sites is 1. The predicted octanol–water partition coefficient (Wildman–Crippen LogP) is 3.84. The molecule has 0 atom stereocenters. The van der Waals surface area contributed by atoms with Crippen LogP contribution in [0.2, 0.25) is 0 Å². The number of hydrogen-bond donors (Lipinski definition) is 0. The van der Waals surface area contributed by atoms with Crippen LogP contribution in [-0.2, 0) is 0 Å². The standard InChI is InChI=1S/C14H7F3N2O/c15-10-6-11(16)14(19-13(10)17)20-9-5-8-3-1-2-4-12(8)18-7-9/h1-7H. The third-order valence-corrected chi connectivity index (χ3v) is 2.63. The van der Waals surface area contributed by atoms with Gasteiger partial charge < -0.3 is 4.74 Å². The van der Waals surface area contributed by atoms with Gasteiger partial charge in [-0.15, -0.1) is 0 Å². The first-order valence-electron chi connectivity index (χ1n) is 5.67. The molecule has 0 aliphatic carbocycles. The van der Waals surface area contributed by atoms with Crippen LogP contribution in [0.4, 0.5) is 13.2 Å². The number of halogens is 3. The lowest BCUT2D eigenvalue weighted by molar-refractivity contribution is 0.386. The molecule has 0 spiro atoms. The Hall–Kier alpha value is -2.63. The van der Waals surface area contributed by atoms with Crippen LogP contribution in [0.1, 0.15) is 0 Å². The minimum absolute atomic E-state index is 0.182. The van der Waals surface area contributed by atoms with Crippen LogP contribution in [-0.4, -0.2) is 9.97 Å². The Balaban J connectivity index is 1.99. The van der Waals surface area contributed by atoms with Gasteiger partial charge in [-0.05, 0) is 12.1 Å². The summed E-state index contributed by atoms with van der Waals surface area (Å²) in [5.74, 6) is -4.33. The number of hydrogen-bond acceptors (Lipinski definition) is 3. The van der Waals surface area contributed by atoms with Crippen LogP contribution in [0, 0.1) is 17.6 Å². The van der Waals surface area contributed by atoms with E-state index in [4.69, 9.17) is 4.74 Å². The molecule has 3 aromatic rings. The maximum atomic E-state index is 13.4. The Kier molecular flexibility index (Phi) is 2.98. The van der Waals surface area contributed by atoms with Gasteiger partial charge in [-0.1, -0.05) is 18.2 Å². The predicted molar refractivity (Wildman–Crippen MR) is 65.9 cm³/mol. The van der Waals surface area contributed by atoms with Crippen molar-refractivity contribution in [2.24, 2.45) is 0 Å². The molecule has 3 rings (SSSR count). The summed E-state index contributed by atoms with van der Waals surface area (Å²) in [6.07, 6.45) is 1.35. The third kappa shape index (κ3) is 2.27. The Labute approximate surface area is 111 Å². The van der Waals surface area contributed by atoms with Crippen LogP contribution in [0.5, 0.6) is 11.6 Å². The highest BCUT2D eigenvalue weighted by Gasteiger charge is 2.13. The molecule has 20 heavy (non-hydrogen) atoms. The van der Waals surface area contributed by atoms with E-state index >= 15 is 0 Å². The Morgan fingerprint density at radius 1 is 0.950 bits per heavy atom. The zero-order valence-corrected chi connectivity index (χ0v) is 9.98. The lowest BCUT2D eigenvalue weighted by atomic mass is 10.2. The molecule has 0 N–H and O–H groups in total. The van der Waals surface area contributed by atoms with Crippen LogP contribution >= 0.6 is 0 Å². The summed E-state index contributed by atoms with van der Waals surface area (Å²) in [5, 5.41) is 0.771. The molecule has 0 fully saturated rings. The van der Waals surface area contributed by atoms with E-state index < -0.39 is 23.5 Å². The van der Waals surface area contributed by atoms with E-state index in [9.17, 15) is 13.2 Å². The minimum atomic E-state index is -1.42. The summed E-state index contributed by atoms with van der Waals surface area (Å²) in [4.78, 5) is 7.18. The fourth-order valence-corrected chi connectivity index (χ4v) is 1.72. The van der Waals surface area contributed by atoms with Gasteiger partial charge in [0.05, 0.1) is 11.7 Å². The number of aromatic nitrogens is 2. The fraction of sp³-hybridized carbons (Fsp3) is 0. The molecule has 1 aromatic carbocycles. The van der Waals surface area contributed by atoms with Crippen molar-refractivity contribution in [2.75, 3.05) is 0 Å². The molecular weight excluding hydrogens is 269 g/mol. The van der Waals surface area contributed by atoms with Gasteiger partial charge >= 0.3 is 0 Å². The van der Waals surface area contributed by atoms with Gasteiger partial charge in [0, 0.05) is 11.5 Å². The van der Waals surface area contributed by atoms with E-state index in [0.29, 0.717) is 6.07 Å². The van der Waals surface area contributed by atoms with Crippen LogP contribution < -0.4 is 4.74 Å². The van der Waals surface area contributed by atoms with E-state index in [1.165, 1.54) is 6.20 Å². The normalized spacial score (nSPS) is 10.8. The Morgan fingerprint density at radius 2 is 1.75 bits per heavy atom. The first kappa shape index (κ1) is 12.4. The van der Waals surface area contributed by atoms with Crippen molar-refractivity contribution in [3.05, 3.63) is 60.2 Å². The zero-order chi connectivity index (χ0) is 14.1. The number of benzene rings is 1. The molecule has 0 radical (unpaired) electrons. The van der Waals surface area contributed by atoms with Crippen LogP contribution in [0.15, 0.2) is 42.6 Å². The number of ether oxygens (including phenoxy) is 1. The lowest BCUT2D eigenvalue weighted by Crippen LogP contribution is -1.98. The molecule has 2 heterocycles. The summed E-state index contributed by atoms with van der Waals surface area (Å²) >= 11 is 0. The van der Waals surface area contributed by atoms with E-state index in [-0.39, 0.29) is 5.75 Å². The minimum Gasteiger partial charge on any atom is -0.435 e. The quantitative estimate of drug-likeness (QED) is 0.667. The largest absolute Gasteiger partial charge is 0.435 e. The molecule has 6 heteroatoms. The molecule has 3 nitrogen and oxygen atoms in total. The summed E-state index contributed by atoms with van der Waals surface area (Å²) < 4.78 is 44.2. The average Bonchev–Trinajstić information content (AvgIpc) is 2.44. The molecule has 0 aliphatic heterocycles. The highest BCUT2D eigenvalue weighted by atomic mass is 19.2. The molecule has 0 bridgehead atoms. The summed E-state index contributed by atoms with van der Waals surface area (Å²) in [6, 6.07) is 9.22. The van der Waals surface area contributed by atoms with Crippen molar-refractivity contribution in [3.8, 4) is 11.6 Å². The van der Waals surface area contributed by atoms with Crippen molar-refractivity contribution in [1.29, 1.82) is 0 Å². The third-order valence-electron chi connectivity index (χ3n) is 2.63. The number of rotatable bonds is 2. The van der Waals surface area contributed by atoms with Crippen LogP contribution in [0.3, 0.4) is 0 Å². The van der Waals surface area contributed by atoms with Gasteiger partial charge in [-0.3, -0.25) is 4.98 Å². The number of pyridine rings is 2. The first-order valence-corrected chi connectivity index (χ1v) is 5.67.